The Balaban J connectivity index is 1.74. The van der Waals surface area contributed by atoms with Gasteiger partial charge in [-0.15, -0.1) is 0 Å². The molecular formula is C13H13FN2O3. The second-order valence-corrected chi connectivity index (χ2v) is 5.09. The van der Waals surface area contributed by atoms with E-state index in [1.54, 1.807) is 0 Å². The van der Waals surface area contributed by atoms with Crippen LogP contribution in [-0.4, -0.2) is 28.5 Å². The molecule has 3 rings (SSSR count). The van der Waals surface area contributed by atoms with E-state index < -0.39 is 23.1 Å². The van der Waals surface area contributed by atoms with Crippen molar-refractivity contribution >= 4 is 11.8 Å². The van der Waals surface area contributed by atoms with E-state index in [1.807, 2.05) is 0 Å². The number of amides is 2. The summed E-state index contributed by atoms with van der Waals surface area (Å²) < 4.78 is 13.2. The highest BCUT2D eigenvalue weighted by molar-refractivity contribution is 6.01. The zero-order chi connectivity index (χ0) is 13.6. The molecule has 1 heterocycles. The lowest BCUT2D eigenvalue weighted by Crippen LogP contribution is -2.63. The lowest BCUT2D eigenvalue weighted by Gasteiger charge is -2.29. The molecule has 0 radical (unpaired) electrons. The zero-order valence-corrected chi connectivity index (χ0v) is 10.1. The predicted octanol–water partition coefficient (Wildman–Crippen LogP) is 0.221. The van der Waals surface area contributed by atoms with E-state index in [0.29, 0.717) is 18.4 Å². The lowest BCUT2D eigenvalue weighted by atomic mass is 10.0. The van der Waals surface area contributed by atoms with Crippen molar-refractivity contribution in [1.29, 1.82) is 0 Å². The van der Waals surface area contributed by atoms with Crippen molar-refractivity contribution in [2.75, 3.05) is 0 Å². The van der Waals surface area contributed by atoms with Crippen LogP contribution in [0.25, 0.3) is 0 Å². The van der Waals surface area contributed by atoms with Crippen LogP contribution in [0.2, 0.25) is 0 Å². The first kappa shape index (κ1) is 12.0. The number of carbonyl (C=O) groups is 2. The third kappa shape index (κ3) is 2.03. The molecule has 1 saturated carbocycles. The van der Waals surface area contributed by atoms with Gasteiger partial charge in [0.15, 0.2) is 11.6 Å². The van der Waals surface area contributed by atoms with E-state index in [9.17, 15) is 14.0 Å². The van der Waals surface area contributed by atoms with Gasteiger partial charge < -0.3 is 15.7 Å². The van der Waals surface area contributed by atoms with E-state index in [0.717, 1.165) is 6.07 Å². The summed E-state index contributed by atoms with van der Waals surface area (Å²) in [6.07, 6.45) is 1.54. The van der Waals surface area contributed by atoms with Gasteiger partial charge in [0.2, 0.25) is 11.8 Å². The maximum Gasteiger partial charge on any atom is 0.246 e. The number of phenols is 1. The van der Waals surface area contributed by atoms with Gasteiger partial charge in [-0.1, -0.05) is 6.07 Å². The first-order valence-electron chi connectivity index (χ1n) is 6.11. The van der Waals surface area contributed by atoms with Crippen molar-refractivity contribution in [3.63, 3.8) is 0 Å². The van der Waals surface area contributed by atoms with Gasteiger partial charge in [0.05, 0.1) is 0 Å². The average molecular weight is 264 g/mol. The first-order valence-corrected chi connectivity index (χ1v) is 6.11. The van der Waals surface area contributed by atoms with Crippen molar-refractivity contribution in [3.05, 3.63) is 29.6 Å². The highest BCUT2D eigenvalue weighted by Crippen LogP contribution is 2.37. The van der Waals surface area contributed by atoms with Crippen LogP contribution in [0.1, 0.15) is 18.4 Å². The summed E-state index contributed by atoms with van der Waals surface area (Å²) in [7, 11) is 0. The second-order valence-electron chi connectivity index (χ2n) is 5.09. The Morgan fingerprint density at radius 3 is 2.74 bits per heavy atom. The first-order chi connectivity index (χ1) is 9.00. The van der Waals surface area contributed by atoms with Gasteiger partial charge in [-0.2, -0.15) is 0 Å². The van der Waals surface area contributed by atoms with Crippen molar-refractivity contribution in [3.8, 4) is 5.75 Å². The van der Waals surface area contributed by atoms with E-state index in [2.05, 4.69) is 10.6 Å². The molecule has 1 aromatic rings. The molecule has 2 amide bonds. The van der Waals surface area contributed by atoms with Crippen LogP contribution in [0, 0.1) is 5.82 Å². The molecule has 19 heavy (non-hydrogen) atoms. The highest BCUT2D eigenvalue weighted by atomic mass is 19.1. The number of piperazine rings is 1. The van der Waals surface area contributed by atoms with Gasteiger partial charge in [-0.25, -0.2) is 4.39 Å². The number of nitrogens with one attached hydrogen (secondary N) is 2. The maximum absolute atomic E-state index is 13.2. The van der Waals surface area contributed by atoms with Crippen LogP contribution in [-0.2, 0) is 16.0 Å². The zero-order valence-electron chi connectivity index (χ0n) is 10.1. The van der Waals surface area contributed by atoms with Gasteiger partial charge in [0.25, 0.3) is 0 Å². The number of phenolic OH excluding ortho intramolecular Hbond substituents is 1. The fourth-order valence-corrected chi connectivity index (χ4v) is 2.28. The Labute approximate surface area is 108 Å². The summed E-state index contributed by atoms with van der Waals surface area (Å²) >= 11 is 0. The fraction of sp³-hybridized carbons (Fsp3) is 0.385. The number of carbonyl (C=O) groups excluding carboxylic acids is 2. The predicted molar refractivity (Wildman–Crippen MR) is 63.8 cm³/mol. The van der Waals surface area contributed by atoms with Gasteiger partial charge in [0, 0.05) is 6.42 Å². The molecule has 3 N–H and O–H groups in total. The van der Waals surface area contributed by atoms with E-state index >= 15 is 0 Å². The molecule has 1 aromatic carbocycles. The van der Waals surface area contributed by atoms with Crippen LogP contribution >= 0.6 is 0 Å². The number of aromatic hydroxyl groups is 1. The monoisotopic (exact) mass is 264 g/mol. The number of halogens is 1. The Bertz CT molecular complexity index is 569. The van der Waals surface area contributed by atoms with Gasteiger partial charge in [-0.3, -0.25) is 9.59 Å². The van der Waals surface area contributed by atoms with E-state index in [1.165, 1.54) is 12.1 Å². The minimum atomic E-state index is -0.737. The molecule has 1 atom stereocenters. The summed E-state index contributed by atoms with van der Waals surface area (Å²) in [6.45, 7) is 0. The van der Waals surface area contributed by atoms with Crippen LogP contribution < -0.4 is 10.6 Å². The smallest absolute Gasteiger partial charge is 0.246 e. The molecule has 1 spiro atoms. The van der Waals surface area contributed by atoms with Crippen LogP contribution in [0.5, 0.6) is 5.75 Å². The van der Waals surface area contributed by atoms with Crippen molar-refractivity contribution in [1.82, 2.24) is 10.6 Å². The number of hydrogen-bond acceptors (Lipinski definition) is 3. The van der Waals surface area contributed by atoms with Crippen LogP contribution in [0.3, 0.4) is 0 Å². The molecule has 0 aromatic heterocycles. The van der Waals surface area contributed by atoms with Gasteiger partial charge in [-0.05, 0) is 30.5 Å². The molecule has 1 unspecified atom stereocenters. The number of rotatable bonds is 2. The molecule has 0 bridgehead atoms. The summed E-state index contributed by atoms with van der Waals surface area (Å²) in [5.41, 5.74) is -0.143. The fourth-order valence-electron chi connectivity index (χ4n) is 2.28. The minimum Gasteiger partial charge on any atom is -0.505 e. The SMILES string of the molecule is O=C1NC2(CC2)C(=O)NC1Cc1ccc(O)c(F)c1. The lowest BCUT2D eigenvalue weighted by molar-refractivity contribution is -0.137. The second kappa shape index (κ2) is 3.94. The van der Waals surface area contributed by atoms with Crippen LogP contribution in [0.4, 0.5) is 4.39 Å². The molecule has 2 aliphatic rings. The maximum atomic E-state index is 13.2. The Kier molecular flexibility index (Phi) is 2.48. The third-order valence-corrected chi connectivity index (χ3v) is 3.62. The summed E-state index contributed by atoms with van der Waals surface area (Å²) in [4.78, 5) is 23.7. The highest BCUT2D eigenvalue weighted by Gasteiger charge is 2.55. The molecule has 100 valence electrons. The van der Waals surface area contributed by atoms with Crippen molar-refractivity contribution < 1.29 is 19.1 Å². The van der Waals surface area contributed by atoms with Gasteiger partial charge in [0.1, 0.15) is 11.6 Å². The topological polar surface area (TPSA) is 78.4 Å². The summed E-state index contributed by atoms with van der Waals surface area (Å²) in [5.74, 6) is -1.58. The Hall–Kier alpha value is -2.11. The normalized spacial score (nSPS) is 23.9. The Morgan fingerprint density at radius 1 is 1.37 bits per heavy atom. The minimum absolute atomic E-state index is 0.170. The van der Waals surface area contributed by atoms with Gasteiger partial charge >= 0.3 is 0 Å². The van der Waals surface area contributed by atoms with E-state index in [4.69, 9.17) is 5.11 Å². The summed E-state index contributed by atoms with van der Waals surface area (Å²) in [5, 5.41) is 14.5. The molecule has 1 aliphatic carbocycles. The molecular weight excluding hydrogens is 251 g/mol. The van der Waals surface area contributed by atoms with Crippen molar-refractivity contribution in [2.24, 2.45) is 0 Å². The Morgan fingerprint density at radius 2 is 2.11 bits per heavy atom. The largest absolute Gasteiger partial charge is 0.505 e. The number of benzene rings is 1. The molecule has 2 fully saturated rings. The number of hydrogen-bond donors (Lipinski definition) is 3. The van der Waals surface area contributed by atoms with E-state index in [-0.39, 0.29) is 18.2 Å². The quantitative estimate of drug-likeness (QED) is 0.715. The molecule has 6 heteroatoms. The molecule has 1 saturated heterocycles. The van der Waals surface area contributed by atoms with Crippen molar-refractivity contribution in [2.45, 2.75) is 30.8 Å². The standard InChI is InChI=1S/C13H13FN2O3/c14-8-5-7(1-2-10(8)17)6-9-11(18)16-13(3-4-13)12(19)15-9/h1-2,5,9,17H,3-4,6H2,(H,15,19)(H,16,18). The average Bonchev–Trinajstić information content (AvgIpc) is 3.12. The van der Waals surface area contributed by atoms with Crippen LogP contribution in [0.15, 0.2) is 18.2 Å². The molecule has 1 aliphatic heterocycles. The third-order valence-electron chi connectivity index (χ3n) is 3.62. The molecule has 5 nitrogen and oxygen atoms in total. The summed E-state index contributed by atoms with van der Waals surface area (Å²) in [6, 6.07) is 3.23.